The van der Waals surface area contributed by atoms with Gasteiger partial charge in [-0.3, -0.25) is 9.59 Å². The van der Waals surface area contributed by atoms with Crippen molar-refractivity contribution in [3.63, 3.8) is 0 Å². The van der Waals surface area contributed by atoms with Crippen molar-refractivity contribution in [3.05, 3.63) is 29.8 Å². The number of para-hydroxylation sites is 1. The van der Waals surface area contributed by atoms with E-state index >= 15 is 0 Å². The van der Waals surface area contributed by atoms with Crippen LogP contribution in [0.15, 0.2) is 24.3 Å². The molecule has 2 rings (SSSR count). The van der Waals surface area contributed by atoms with Crippen LogP contribution >= 0.6 is 0 Å². The fourth-order valence-corrected chi connectivity index (χ4v) is 2.01. The largest absolute Gasteiger partial charge is 0.350 e. The number of hydrogen-bond acceptors (Lipinski definition) is 2. The average Bonchev–Trinajstić information content (AvgIpc) is 2.50. The maximum atomic E-state index is 12.0. The highest BCUT2D eigenvalue weighted by Gasteiger charge is 2.23. The second-order valence-corrected chi connectivity index (χ2v) is 4.07. The molecule has 0 spiro atoms. The maximum Gasteiger partial charge on any atom is 0.253 e. The Bertz CT molecular complexity index is 443. The Morgan fingerprint density at radius 3 is 2.94 bits per heavy atom. The smallest absolute Gasteiger partial charge is 0.253 e. The number of anilines is 1. The molecule has 0 fully saturated rings. The van der Waals surface area contributed by atoms with Crippen LogP contribution in [0.2, 0.25) is 0 Å². The van der Waals surface area contributed by atoms with Gasteiger partial charge in [0.25, 0.3) is 5.91 Å². The Morgan fingerprint density at radius 2 is 2.18 bits per heavy atom. The van der Waals surface area contributed by atoms with Crippen molar-refractivity contribution < 1.29 is 9.59 Å². The number of fused-ring (bicyclic) bond motifs is 1. The molecule has 1 N–H and O–H groups in total. The van der Waals surface area contributed by atoms with Crippen LogP contribution < -0.4 is 10.2 Å². The molecule has 1 heterocycles. The molecule has 1 aliphatic heterocycles. The van der Waals surface area contributed by atoms with Crippen LogP contribution in [0.4, 0.5) is 5.69 Å². The van der Waals surface area contributed by atoms with Gasteiger partial charge in [0.1, 0.15) is 0 Å². The Hall–Kier alpha value is -1.84. The molecule has 1 aliphatic rings. The molecular weight excluding hydrogens is 216 g/mol. The third-order valence-corrected chi connectivity index (χ3v) is 2.83. The van der Waals surface area contributed by atoms with E-state index in [4.69, 9.17) is 0 Å². The van der Waals surface area contributed by atoms with Crippen molar-refractivity contribution in [2.75, 3.05) is 18.0 Å². The molecule has 0 radical (unpaired) electrons. The lowest BCUT2D eigenvalue weighted by molar-refractivity contribution is -0.118. The first-order valence-corrected chi connectivity index (χ1v) is 5.91. The summed E-state index contributed by atoms with van der Waals surface area (Å²) < 4.78 is 0. The molecule has 0 aliphatic carbocycles. The molecule has 0 aromatic heterocycles. The van der Waals surface area contributed by atoms with Gasteiger partial charge in [-0.1, -0.05) is 19.1 Å². The van der Waals surface area contributed by atoms with Crippen molar-refractivity contribution in [2.45, 2.75) is 19.8 Å². The predicted molar refractivity (Wildman–Crippen MR) is 66.0 cm³/mol. The van der Waals surface area contributed by atoms with Crippen LogP contribution in [-0.2, 0) is 4.79 Å². The normalized spacial score (nSPS) is 14.9. The molecule has 17 heavy (non-hydrogen) atoms. The van der Waals surface area contributed by atoms with Crippen LogP contribution in [0.3, 0.4) is 0 Å². The number of nitrogens with one attached hydrogen (secondary N) is 1. The van der Waals surface area contributed by atoms with Gasteiger partial charge in [-0.2, -0.15) is 0 Å². The van der Waals surface area contributed by atoms with Crippen molar-refractivity contribution in [1.82, 2.24) is 5.32 Å². The van der Waals surface area contributed by atoms with Gasteiger partial charge < -0.3 is 10.2 Å². The minimum absolute atomic E-state index is 0.0800. The summed E-state index contributed by atoms with van der Waals surface area (Å²) in [5.74, 6) is -0.0242. The van der Waals surface area contributed by atoms with Gasteiger partial charge >= 0.3 is 0 Å². The van der Waals surface area contributed by atoms with Crippen LogP contribution in [-0.4, -0.2) is 24.9 Å². The number of carbonyl (C=O) groups excluding carboxylic acids is 2. The van der Waals surface area contributed by atoms with E-state index in [1.54, 1.807) is 11.0 Å². The van der Waals surface area contributed by atoms with Gasteiger partial charge in [0, 0.05) is 19.5 Å². The second kappa shape index (κ2) is 4.99. The summed E-state index contributed by atoms with van der Waals surface area (Å²) in [6, 6.07) is 7.24. The molecule has 1 aromatic carbocycles. The van der Waals surface area contributed by atoms with E-state index in [-0.39, 0.29) is 11.8 Å². The number of benzene rings is 1. The van der Waals surface area contributed by atoms with Gasteiger partial charge in [0.05, 0.1) is 11.3 Å². The Labute approximate surface area is 101 Å². The number of rotatable bonds is 2. The average molecular weight is 232 g/mol. The highest BCUT2D eigenvalue weighted by atomic mass is 16.2. The van der Waals surface area contributed by atoms with Gasteiger partial charge in [0.15, 0.2) is 0 Å². The summed E-state index contributed by atoms with van der Waals surface area (Å²) in [4.78, 5) is 25.5. The minimum Gasteiger partial charge on any atom is -0.350 e. The third-order valence-electron chi connectivity index (χ3n) is 2.83. The summed E-state index contributed by atoms with van der Waals surface area (Å²) in [5, 5.41) is 2.79. The molecular formula is C13H16N2O2. The number of nitrogens with zero attached hydrogens (tertiary/aromatic N) is 1. The lowest BCUT2D eigenvalue weighted by Crippen LogP contribution is -2.34. The van der Waals surface area contributed by atoms with E-state index in [1.807, 2.05) is 25.1 Å². The van der Waals surface area contributed by atoms with Crippen molar-refractivity contribution in [3.8, 4) is 0 Å². The molecule has 0 saturated carbocycles. The number of hydrogen-bond donors (Lipinski definition) is 1. The van der Waals surface area contributed by atoms with E-state index in [9.17, 15) is 9.59 Å². The van der Waals surface area contributed by atoms with E-state index in [0.29, 0.717) is 25.1 Å². The summed E-state index contributed by atoms with van der Waals surface area (Å²) >= 11 is 0. The molecule has 2 amide bonds. The van der Waals surface area contributed by atoms with Crippen molar-refractivity contribution in [1.29, 1.82) is 0 Å². The molecule has 1 aromatic rings. The monoisotopic (exact) mass is 232 g/mol. The highest BCUT2D eigenvalue weighted by molar-refractivity contribution is 6.05. The topological polar surface area (TPSA) is 49.4 Å². The van der Waals surface area contributed by atoms with Crippen LogP contribution in [0.25, 0.3) is 0 Å². The third kappa shape index (κ3) is 2.30. The Balaban J connectivity index is 2.38. The first-order chi connectivity index (χ1) is 8.24. The van der Waals surface area contributed by atoms with Crippen molar-refractivity contribution >= 4 is 17.5 Å². The van der Waals surface area contributed by atoms with Gasteiger partial charge in [-0.15, -0.1) is 0 Å². The molecule has 4 nitrogen and oxygen atoms in total. The Kier molecular flexibility index (Phi) is 3.42. The molecule has 0 atom stereocenters. The highest BCUT2D eigenvalue weighted by Crippen LogP contribution is 2.22. The first-order valence-electron chi connectivity index (χ1n) is 5.91. The SMILES string of the molecule is CCCC(=O)N1CCNC(=O)c2ccccc21. The van der Waals surface area contributed by atoms with Crippen molar-refractivity contribution in [2.24, 2.45) is 0 Å². The second-order valence-electron chi connectivity index (χ2n) is 4.07. The fourth-order valence-electron chi connectivity index (χ4n) is 2.01. The zero-order valence-corrected chi connectivity index (χ0v) is 9.90. The molecule has 0 unspecified atom stereocenters. The zero-order chi connectivity index (χ0) is 12.3. The number of amides is 2. The summed E-state index contributed by atoms with van der Waals surface area (Å²) in [5.41, 5.74) is 1.30. The molecule has 90 valence electrons. The summed E-state index contributed by atoms with van der Waals surface area (Å²) in [7, 11) is 0. The van der Waals surface area contributed by atoms with Crippen LogP contribution in [0.1, 0.15) is 30.1 Å². The lowest BCUT2D eigenvalue weighted by atomic mass is 10.1. The lowest BCUT2D eigenvalue weighted by Gasteiger charge is -2.21. The zero-order valence-electron chi connectivity index (χ0n) is 9.90. The quantitative estimate of drug-likeness (QED) is 0.841. The molecule has 0 bridgehead atoms. The van der Waals surface area contributed by atoms with Crippen LogP contribution in [0.5, 0.6) is 0 Å². The standard InChI is InChI=1S/C13H16N2O2/c1-2-5-12(16)15-9-8-14-13(17)10-6-3-4-7-11(10)15/h3-4,6-7H,2,5,8-9H2,1H3,(H,14,17). The molecule has 4 heteroatoms. The number of carbonyl (C=O) groups is 2. The van der Waals surface area contributed by atoms with Gasteiger partial charge in [-0.05, 0) is 18.6 Å². The summed E-state index contributed by atoms with van der Waals surface area (Å²) in [6.45, 7) is 3.02. The predicted octanol–water partition coefficient (Wildman–Crippen LogP) is 1.56. The first kappa shape index (κ1) is 11.6. The van der Waals surface area contributed by atoms with E-state index in [2.05, 4.69) is 5.32 Å². The summed E-state index contributed by atoms with van der Waals surface area (Å²) in [6.07, 6.45) is 1.33. The van der Waals surface area contributed by atoms with E-state index < -0.39 is 0 Å². The Morgan fingerprint density at radius 1 is 1.41 bits per heavy atom. The van der Waals surface area contributed by atoms with Gasteiger partial charge in [0.2, 0.25) is 5.91 Å². The molecule has 0 saturated heterocycles. The fraction of sp³-hybridized carbons (Fsp3) is 0.385. The minimum atomic E-state index is -0.104. The maximum absolute atomic E-state index is 12.0. The van der Waals surface area contributed by atoms with E-state index in [0.717, 1.165) is 12.1 Å². The van der Waals surface area contributed by atoms with Crippen LogP contribution in [0, 0.1) is 0 Å². The van der Waals surface area contributed by atoms with Gasteiger partial charge in [-0.25, -0.2) is 0 Å². The van der Waals surface area contributed by atoms with E-state index in [1.165, 1.54) is 0 Å².